The highest BCUT2D eigenvalue weighted by atomic mass is 16.5. The molecular weight excluding hydrogens is 985 g/mol. The van der Waals surface area contributed by atoms with Crippen molar-refractivity contribution in [2.24, 2.45) is 0 Å². The zero-order valence-corrected chi connectivity index (χ0v) is 41.5. The first kappa shape index (κ1) is 45.1. The quantitative estimate of drug-likeness (QED) is 0.0880. The molecule has 0 atom stereocenters. The molecule has 4 aromatic heterocycles. The second-order valence-corrected chi connectivity index (χ2v) is 19.2. The number of aromatic nitrogens is 4. The molecule has 11 aromatic carbocycles. The zero-order valence-electron chi connectivity index (χ0n) is 41.5. The van der Waals surface area contributed by atoms with Crippen molar-refractivity contribution < 1.29 is 38.6 Å². The molecule has 78 heavy (non-hydrogen) atoms. The van der Waals surface area contributed by atoms with E-state index < -0.39 is 0 Å². The number of hydrogen-bond donors (Lipinski definition) is 2. The Morgan fingerprint density at radius 1 is 0.372 bits per heavy atom. The average molecular weight is 1030 g/mol. The van der Waals surface area contributed by atoms with Gasteiger partial charge in [0.25, 0.3) is 11.1 Å². The van der Waals surface area contributed by atoms with Crippen LogP contribution in [0.1, 0.15) is 11.1 Å². The highest BCUT2D eigenvalue weighted by molar-refractivity contribution is 6.44. The Kier molecular flexibility index (Phi) is 9.91. The van der Waals surface area contributed by atoms with E-state index in [1.54, 1.807) is 108 Å². The average Bonchev–Trinajstić information content (AvgIpc) is 2.98. The van der Waals surface area contributed by atoms with Crippen molar-refractivity contribution in [3.63, 3.8) is 0 Å². The second kappa shape index (κ2) is 17.1. The molecule has 0 aliphatic carbocycles. The van der Waals surface area contributed by atoms with Gasteiger partial charge in [-0.25, -0.2) is 9.97 Å². The summed E-state index contributed by atoms with van der Waals surface area (Å²) < 4.78 is 43.0. The van der Waals surface area contributed by atoms with Crippen LogP contribution >= 0.6 is 0 Å². The lowest BCUT2D eigenvalue weighted by Crippen LogP contribution is -2.15. The van der Waals surface area contributed by atoms with E-state index in [1.165, 1.54) is 0 Å². The number of imidazole rings is 2. The van der Waals surface area contributed by atoms with Crippen LogP contribution in [0.5, 0.6) is 57.5 Å². The zero-order chi connectivity index (χ0) is 52.5. The number of benzene rings is 11. The SMILES string of the molecule is COc1ccc(Oc2cc3c(=O)n4c5ccccc5nc4c4cc(Oc5ccc(CO)cc5)c5c6c(Oc7ccc(CO)cc7)cc7c(=O)n8c9ccccc9nc8c8cc(Oc9ccc(OC)cc9)c(c2c5c34)c6c78)cc1. The maximum absolute atomic E-state index is 15.6. The second-order valence-electron chi connectivity index (χ2n) is 19.2. The topological polar surface area (TPSA) is 165 Å². The third-order valence-corrected chi connectivity index (χ3v) is 14.9. The lowest BCUT2D eigenvalue weighted by molar-refractivity contribution is 0.281. The molecule has 0 saturated carbocycles. The van der Waals surface area contributed by atoms with Crippen LogP contribution in [0.25, 0.3) is 98.0 Å². The molecule has 0 fully saturated rings. The van der Waals surface area contributed by atoms with Gasteiger partial charge in [0, 0.05) is 53.9 Å². The van der Waals surface area contributed by atoms with Gasteiger partial charge in [-0.05, 0) is 132 Å². The normalized spacial score (nSPS) is 12.1. The van der Waals surface area contributed by atoms with Crippen molar-refractivity contribution in [3.05, 3.63) is 202 Å². The molecule has 14 heteroatoms. The van der Waals surface area contributed by atoms with Crippen LogP contribution in [0, 0.1) is 0 Å². The first-order valence-electron chi connectivity index (χ1n) is 25.1. The molecule has 0 radical (unpaired) electrons. The van der Waals surface area contributed by atoms with Crippen molar-refractivity contribution in [2.45, 2.75) is 13.2 Å². The van der Waals surface area contributed by atoms with Crippen LogP contribution < -0.4 is 39.5 Å². The molecule has 0 unspecified atom stereocenters. The van der Waals surface area contributed by atoms with Gasteiger partial charge in [0.2, 0.25) is 0 Å². The minimum Gasteiger partial charge on any atom is -0.497 e. The summed E-state index contributed by atoms with van der Waals surface area (Å²) in [5.74, 6) is 4.33. The van der Waals surface area contributed by atoms with Crippen LogP contribution in [-0.4, -0.2) is 43.2 Å². The van der Waals surface area contributed by atoms with Crippen molar-refractivity contribution in [1.29, 1.82) is 0 Å². The summed E-state index contributed by atoms with van der Waals surface area (Å²) in [5.41, 5.74) is 4.01. The van der Waals surface area contributed by atoms with Crippen molar-refractivity contribution >= 4 is 98.0 Å². The van der Waals surface area contributed by atoms with E-state index in [0.717, 1.165) is 0 Å². The van der Waals surface area contributed by atoms with E-state index >= 15 is 9.59 Å². The molecular formula is C64H40N4O10. The third-order valence-electron chi connectivity index (χ3n) is 14.9. The molecule has 0 aliphatic heterocycles. The summed E-state index contributed by atoms with van der Waals surface area (Å²) in [5, 5.41) is 26.5. The van der Waals surface area contributed by atoms with Gasteiger partial charge in [-0.3, -0.25) is 18.4 Å². The number of nitrogens with zero attached hydrogens (tertiary/aromatic N) is 4. The van der Waals surface area contributed by atoms with Gasteiger partial charge < -0.3 is 38.6 Å². The molecule has 0 bridgehead atoms. The van der Waals surface area contributed by atoms with Crippen LogP contribution in [0.3, 0.4) is 0 Å². The van der Waals surface area contributed by atoms with E-state index in [1.807, 2.05) is 84.9 Å². The Hall–Kier alpha value is -10.3. The molecule has 0 aliphatic rings. The van der Waals surface area contributed by atoms with Crippen molar-refractivity contribution in [3.8, 4) is 57.5 Å². The number of fused-ring (bicyclic) bond motifs is 10. The molecule has 15 rings (SSSR count). The van der Waals surface area contributed by atoms with E-state index in [-0.39, 0.29) is 30.1 Å². The van der Waals surface area contributed by atoms with Gasteiger partial charge in [0.1, 0.15) is 68.8 Å². The summed E-state index contributed by atoms with van der Waals surface area (Å²) >= 11 is 0. The Morgan fingerprint density at radius 2 is 0.679 bits per heavy atom. The van der Waals surface area contributed by atoms with E-state index in [9.17, 15) is 10.2 Å². The monoisotopic (exact) mass is 1020 g/mol. The molecule has 4 heterocycles. The maximum Gasteiger partial charge on any atom is 0.264 e. The summed E-state index contributed by atoms with van der Waals surface area (Å²) in [7, 11) is 3.19. The number of pyridine rings is 2. The highest BCUT2D eigenvalue weighted by Gasteiger charge is 2.33. The van der Waals surface area contributed by atoms with Gasteiger partial charge in [0.05, 0.1) is 60.3 Å². The molecule has 0 saturated heterocycles. The standard InChI is InChI=1S/C64H40N4O10/c1-73-35-19-23-39(24-20-35)77-50-28-42-54-43(63(71)68-48-10-6-4-8-46(48)66-62(42)68)29-51(76-38-17-13-34(32-70)14-18-38)57-55-49(75-37-15-11-33(31-69)12-16-37)27-41-53-44(64(72)67-47-9-5-3-7-45(47)65-61(41)67)30-52(58(59(53)55)56(50)60(54)57)78-40-25-21-36(74-2)22-26-40/h3-30,69-70H,31-32H2,1-2H3. The van der Waals surface area contributed by atoms with Gasteiger partial charge in [-0.15, -0.1) is 0 Å². The Morgan fingerprint density at radius 3 is 1.01 bits per heavy atom. The number of aliphatic hydroxyl groups is 2. The first-order chi connectivity index (χ1) is 38.3. The maximum atomic E-state index is 15.6. The number of ether oxygens (including phenoxy) is 6. The molecule has 15 aromatic rings. The minimum atomic E-state index is -0.330. The van der Waals surface area contributed by atoms with E-state index in [4.69, 9.17) is 38.4 Å². The Labute approximate surface area is 440 Å². The molecule has 14 nitrogen and oxygen atoms in total. The predicted molar refractivity (Wildman–Crippen MR) is 301 cm³/mol. The summed E-state index contributed by atoms with van der Waals surface area (Å²) in [6, 6.07) is 51.1. The fraction of sp³-hybridized carbons (Fsp3) is 0.0625. The third kappa shape index (κ3) is 6.63. The Balaban J connectivity index is 1.22. The van der Waals surface area contributed by atoms with Crippen LogP contribution in [-0.2, 0) is 13.2 Å². The van der Waals surface area contributed by atoms with Crippen LogP contribution in [0.4, 0.5) is 0 Å². The predicted octanol–water partition coefficient (Wildman–Crippen LogP) is 13.4. The lowest BCUT2D eigenvalue weighted by Gasteiger charge is -2.25. The number of para-hydroxylation sites is 4. The largest absolute Gasteiger partial charge is 0.497 e. The smallest absolute Gasteiger partial charge is 0.264 e. The van der Waals surface area contributed by atoms with Gasteiger partial charge >= 0.3 is 0 Å². The molecule has 376 valence electrons. The first-order valence-corrected chi connectivity index (χ1v) is 25.1. The summed E-state index contributed by atoms with van der Waals surface area (Å²) in [6.45, 7) is -0.350. The van der Waals surface area contributed by atoms with Crippen LogP contribution in [0.15, 0.2) is 179 Å². The van der Waals surface area contributed by atoms with Gasteiger partial charge in [-0.2, -0.15) is 0 Å². The summed E-state index contributed by atoms with van der Waals surface area (Å²) in [4.78, 5) is 41.5. The van der Waals surface area contributed by atoms with Gasteiger partial charge in [0.15, 0.2) is 0 Å². The number of aliphatic hydroxyl groups excluding tert-OH is 2. The van der Waals surface area contributed by atoms with Crippen molar-refractivity contribution in [2.75, 3.05) is 14.2 Å². The highest BCUT2D eigenvalue weighted by Crippen LogP contribution is 2.57. The van der Waals surface area contributed by atoms with E-state index in [2.05, 4.69) is 0 Å². The molecule has 0 spiro atoms. The lowest BCUT2D eigenvalue weighted by atomic mass is 9.84. The molecule has 2 N–H and O–H groups in total. The van der Waals surface area contributed by atoms with E-state index in [0.29, 0.717) is 161 Å². The van der Waals surface area contributed by atoms with Crippen LogP contribution in [0.2, 0.25) is 0 Å². The Bertz CT molecular complexity index is 4700. The fourth-order valence-electron chi connectivity index (χ4n) is 11.4. The minimum absolute atomic E-state index is 0.171. The number of rotatable bonds is 12. The number of hydrogen-bond acceptors (Lipinski definition) is 12. The fourth-order valence-corrected chi connectivity index (χ4v) is 11.4. The molecule has 0 amide bonds. The van der Waals surface area contributed by atoms with Gasteiger partial charge in [-0.1, -0.05) is 48.5 Å². The van der Waals surface area contributed by atoms with Crippen molar-refractivity contribution in [1.82, 2.24) is 18.8 Å². The number of methoxy groups -OCH3 is 2. The summed E-state index contributed by atoms with van der Waals surface area (Å²) in [6.07, 6.45) is 0.